The van der Waals surface area contributed by atoms with Gasteiger partial charge in [0, 0.05) is 12.1 Å². The van der Waals surface area contributed by atoms with Gasteiger partial charge in [0.2, 0.25) is 0 Å². The van der Waals surface area contributed by atoms with Crippen LogP contribution in [0.3, 0.4) is 0 Å². The van der Waals surface area contributed by atoms with Crippen molar-refractivity contribution in [3.05, 3.63) is 48.0 Å². The lowest BCUT2D eigenvalue weighted by Crippen LogP contribution is -2.44. The number of carbonyl (C=O) groups is 1. The van der Waals surface area contributed by atoms with Crippen LogP contribution in [0.2, 0.25) is 0 Å². The molecule has 37 heavy (non-hydrogen) atoms. The molecule has 0 unspecified atom stereocenters. The molecule has 1 aliphatic heterocycles. The zero-order valence-electron chi connectivity index (χ0n) is 20.2. The van der Waals surface area contributed by atoms with E-state index in [1.807, 2.05) is 0 Å². The molecular formula is C23H27F3N4O6S. The predicted molar refractivity (Wildman–Crippen MR) is 129 cm³/mol. The SMILES string of the molecule is CC(C)(C)OC(=O)Nc1ccc2c(c1)N(S(=O)(=O)c1cccc(C(F)(F)F)c1)C[C@H](CC/C(N)=N\O)O2. The van der Waals surface area contributed by atoms with E-state index in [0.29, 0.717) is 6.07 Å². The molecule has 14 heteroatoms. The zero-order valence-corrected chi connectivity index (χ0v) is 21.1. The molecular weight excluding hydrogens is 517 g/mol. The lowest BCUT2D eigenvalue weighted by molar-refractivity contribution is -0.137. The highest BCUT2D eigenvalue weighted by molar-refractivity contribution is 7.92. The lowest BCUT2D eigenvalue weighted by atomic mass is 10.1. The number of benzene rings is 2. The van der Waals surface area contributed by atoms with Gasteiger partial charge >= 0.3 is 12.3 Å². The number of rotatable bonds is 6. The second-order valence-corrected chi connectivity index (χ2v) is 11.1. The molecule has 0 saturated heterocycles. The molecule has 2 aromatic rings. The van der Waals surface area contributed by atoms with Gasteiger partial charge in [0.15, 0.2) is 0 Å². The van der Waals surface area contributed by atoms with Crippen LogP contribution < -0.4 is 20.1 Å². The normalized spacial score (nSPS) is 16.5. The number of amidine groups is 1. The summed E-state index contributed by atoms with van der Waals surface area (Å²) in [4.78, 5) is 11.6. The van der Waals surface area contributed by atoms with E-state index in [2.05, 4.69) is 10.5 Å². The molecule has 4 N–H and O–H groups in total. The van der Waals surface area contributed by atoms with Gasteiger partial charge in [-0.25, -0.2) is 13.2 Å². The van der Waals surface area contributed by atoms with Crippen LogP contribution in [0, 0.1) is 0 Å². The molecule has 0 saturated carbocycles. The van der Waals surface area contributed by atoms with Crippen LogP contribution in [0.15, 0.2) is 52.5 Å². The van der Waals surface area contributed by atoms with Gasteiger partial charge in [-0.1, -0.05) is 11.2 Å². The summed E-state index contributed by atoms with van der Waals surface area (Å²) in [5, 5.41) is 14.2. The fourth-order valence-corrected chi connectivity index (χ4v) is 5.05. The minimum Gasteiger partial charge on any atom is -0.486 e. The number of fused-ring (bicyclic) bond motifs is 1. The van der Waals surface area contributed by atoms with Gasteiger partial charge in [-0.15, -0.1) is 0 Å². The molecule has 3 rings (SSSR count). The maximum absolute atomic E-state index is 13.6. The van der Waals surface area contributed by atoms with Gasteiger partial charge in [0.1, 0.15) is 23.3 Å². The summed E-state index contributed by atoms with van der Waals surface area (Å²) in [7, 11) is -4.51. The summed E-state index contributed by atoms with van der Waals surface area (Å²) >= 11 is 0. The molecule has 2 aromatic carbocycles. The van der Waals surface area contributed by atoms with Gasteiger partial charge in [0.25, 0.3) is 10.0 Å². The Morgan fingerprint density at radius 1 is 1.24 bits per heavy atom. The number of hydrogen-bond donors (Lipinski definition) is 3. The topological polar surface area (TPSA) is 144 Å². The van der Waals surface area contributed by atoms with E-state index in [1.165, 1.54) is 18.2 Å². The van der Waals surface area contributed by atoms with Crippen molar-refractivity contribution in [3.8, 4) is 5.75 Å². The first-order valence-electron chi connectivity index (χ1n) is 11.1. The molecule has 0 spiro atoms. The molecule has 0 aliphatic carbocycles. The highest BCUT2D eigenvalue weighted by atomic mass is 32.2. The molecule has 1 heterocycles. The van der Waals surface area contributed by atoms with Crippen molar-refractivity contribution in [2.24, 2.45) is 10.9 Å². The van der Waals surface area contributed by atoms with Crippen molar-refractivity contribution in [3.63, 3.8) is 0 Å². The van der Waals surface area contributed by atoms with E-state index >= 15 is 0 Å². The van der Waals surface area contributed by atoms with Crippen molar-refractivity contribution < 1.29 is 41.1 Å². The summed E-state index contributed by atoms with van der Waals surface area (Å²) in [6.45, 7) is 4.74. The average molecular weight is 545 g/mol. The number of alkyl halides is 3. The monoisotopic (exact) mass is 544 g/mol. The first-order chi connectivity index (χ1) is 17.1. The number of anilines is 2. The van der Waals surface area contributed by atoms with Gasteiger partial charge in [-0.05, 0) is 63.6 Å². The first kappa shape index (κ1) is 27.9. The number of amides is 1. The van der Waals surface area contributed by atoms with E-state index in [1.54, 1.807) is 20.8 Å². The Kier molecular flexibility index (Phi) is 7.81. The molecule has 202 valence electrons. The smallest absolute Gasteiger partial charge is 0.416 e. The number of carbonyl (C=O) groups excluding carboxylic acids is 1. The van der Waals surface area contributed by atoms with Crippen molar-refractivity contribution in [1.82, 2.24) is 0 Å². The number of nitrogens with zero attached hydrogens (tertiary/aromatic N) is 2. The van der Waals surface area contributed by atoms with Crippen LogP contribution in [0.5, 0.6) is 5.75 Å². The van der Waals surface area contributed by atoms with Gasteiger partial charge in [-0.3, -0.25) is 9.62 Å². The highest BCUT2D eigenvalue weighted by Crippen LogP contribution is 2.40. The molecule has 0 aromatic heterocycles. The number of nitrogens with two attached hydrogens (primary N) is 1. The third-order valence-electron chi connectivity index (χ3n) is 5.14. The summed E-state index contributed by atoms with van der Waals surface area (Å²) in [6.07, 6.45) is -6.07. The number of sulfonamides is 1. The largest absolute Gasteiger partial charge is 0.486 e. The summed E-state index contributed by atoms with van der Waals surface area (Å²) in [6, 6.07) is 7.61. The molecule has 0 bridgehead atoms. The van der Waals surface area contributed by atoms with E-state index in [0.717, 1.165) is 22.5 Å². The van der Waals surface area contributed by atoms with E-state index in [9.17, 15) is 26.4 Å². The van der Waals surface area contributed by atoms with E-state index in [-0.39, 0.29) is 42.3 Å². The number of ether oxygens (including phenoxy) is 2. The van der Waals surface area contributed by atoms with Crippen LogP contribution in [0.4, 0.5) is 29.3 Å². The van der Waals surface area contributed by atoms with Crippen LogP contribution in [0.25, 0.3) is 0 Å². The van der Waals surface area contributed by atoms with Crippen LogP contribution in [-0.2, 0) is 20.9 Å². The Hall–Kier alpha value is -3.68. The molecule has 10 nitrogen and oxygen atoms in total. The minimum absolute atomic E-state index is 0.00557. The first-order valence-corrected chi connectivity index (χ1v) is 12.5. The van der Waals surface area contributed by atoms with Crippen molar-refractivity contribution in [2.45, 2.75) is 56.4 Å². The molecule has 1 aliphatic rings. The lowest BCUT2D eigenvalue weighted by Gasteiger charge is -2.36. The molecule has 0 radical (unpaired) electrons. The fraction of sp³-hybridized carbons (Fsp3) is 0.391. The van der Waals surface area contributed by atoms with E-state index in [4.69, 9.17) is 20.4 Å². The van der Waals surface area contributed by atoms with Crippen LogP contribution >= 0.6 is 0 Å². The Morgan fingerprint density at radius 3 is 2.57 bits per heavy atom. The number of halogens is 3. The Morgan fingerprint density at radius 2 is 1.95 bits per heavy atom. The maximum Gasteiger partial charge on any atom is 0.416 e. The number of oxime groups is 1. The molecule has 1 amide bonds. The fourth-order valence-electron chi connectivity index (χ4n) is 3.51. The maximum atomic E-state index is 13.6. The third-order valence-corrected chi connectivity index (χ3v) is 6.91. The quantitative estimate of drug-likeness (QED) is 0.210. The average Bonchev–Trinajstić information content (AvgIpc) is 2.80. The van der Waals surface area contributed by atoms with Crippen LogP contribution in [-0.4, -0.2) is 43.8 Å². The van der Waals surface area contributed by atoms with E-state index < -0.39 is 44.5 Å². The van der Waals surface area contributed by atoms with Crippen LogP contribution in [0.1, 0.15) is 39.2 Å². The number of hydrogen-bond acceptors (Lipinski definition) is 7. The van der Waals surface area contributed by atoms with Gasteiger partial charge < -0.3 is 20.4 Å². The Labute approximate surface area is 211 Å². The summed E-state index contributed by atoms with van der Waals surface area (Å²) in [5.41, 5.74) is 3.80. The van der Waals surface area contributed by atoms with Crippen molar-refractivity contribution in [2.75, 3.05) is 16.2 Å². The van der Waals surface area contributed by atoms with Gasteiger partial charge in [-0.2, -0.15) is 13.2 Å². The highest BCUT2D eigenvalue weighted by Gasteiger charge is 2.37. The van der Waals surface area contributed by atoms with Crippen molar-refractivity contribution >= 4 is 33.3 Å². The zero-order chi connectivity index (χ0) is 27.6. The summed E-state index contributed by atoms with van der Waals surface area (Å²) in [5.74, 6) is 0.0136. The Bertz CT molecular complexity index is 1290. The standard InChI is InChI=1S/C23H27F3N4O6S/c1-22(2,3)36-21(31)28-15-7-9-19-18(12-15)30(13-16(35-19)8-10-20(27)29-32)37(33,34)17-6-4-5-14(11-17)23(24,25)26/h4-7,9,11-12,16,32H,8,10,13H2,1-3H3,(H2,27,29)(H,28,31)/t16-/m0/s1. The molecule has 0 fully saturated rings. The predicted octanol–water partition coefficient (Wildman–Crippen LogP) is 4.54. The third kappa shape index (κ3) is 6.96. The second kappa shape index (κ2) is 10.4. The van der Waals surface area contributed by atoms with Crippen molar-refractivity contribution in [1.29, 1.82) is 0 Å². The Balaban J connectivity index is 2.02. The minimum atomic E-state index is -4.75. The number of nitrogens with one attached hydrogen (secondary N) is 1. The van der Waals surface area contributed by atoms with Gasteiger partial charge in [0.05, 0.1) is 22.7 Å². The second-order valence-electron chi connectivity index (χ2n) is 9.24. The summed E-state index contributed by atoms with van der Waals surface area (Å²) < 4.78 is 79.0. The molecule has 1 atom stereocenters.